The van der Waals surface area contributed by atoms with Crippen LogP contribution in [0.25, 0.3) is 11.3 Å². The van der Waals surface area contributed by atoms with E-state index in [1.165, 1.54) is 0 Å². The SMILES string of the molecule is CCOC(=O)CCC(=O)O/C(=C1\C(=O)N(C(N)=O)c2cc(Cl)c(F)cc21)c1cccs1. The van der Waals surface area contributed by atoms with Crippen LogP contribution in [0.4, 0.5) is 14.9 Å². The highest BCUT2D eigenvalue weighted by Crippen LogP contribution is 2.44. The van der Waals surface area contributed by atoms with Crippen LogP contribution >= 0.6 is 22.9 Å². The van der Waals surface area contributed by atoms with Crippen LogP contribution in [0.3, 0.4) is 0 Å². The number of rotatable bonds is 6. The van der Waals surface area contributed by atoms with Crippen LogP contribution in [0.15, 0.2) is 29.6 Å². The number of urea groups is 1. The standard InChI is InChI=1S/C20H16ClFN2O6S/c1-2-29-15(25)5-6-16(26)30-18(14-4-3-7-31-14)17-10-8-12(22)11(21)9-13(10)24(19(17)27)20(23)28/h3-4,7-9H,2,5-6H2,1H3,(H2,23,28)/b18-17-. The molecule has 1 aliphatic heterocycles. The number of benzene rings is 1. The minimum Gasteiger partial charge on any atom is -0.466 e. The highest BCUT2D eigenvalue weighted by Gasteiger charge is 2.40. The van der Waals surface area contributed by atoms with Crippen LogP contribution in [0, 0.1) is 5.82 Å². The first-order chi connectivity index (χ1) is 14.7. The maximum atomic E-state index is 14.2. The summed E-state index contributed by atoms with van der Waals surface area (Å²) in [7, 11) is 0. The number of esters is 2. The van der Waals surface area contributed by atoms with Crippen molar-refractivity contribution in [1.29, 1.82) is 0 Å². The van der Waals surface area contributed by atoms with Crippen LogP contribution in [0.1, 0.15) is 30.2 Å². The molecule has 0 saturated heterocycles. The number of fused-ring (bicyclic) bond motifs is 1. The molecule has 31 heavy (non-hydrogen) atoms. The van der Waals surface area contributed by atoms with Crippen LogP contribution in [0.5, 0.6) is 0 Å². The zero-order valence-electron chi connectivity index (χ0n) is 16.1. The number of hydrogen-bond acceptors (Lipinski definition) is 7. The summed E-state index contributed by atoms with van der Waals surface area (Å²) in [6.07, 6.45) is -0.529. The Hall–Kier alpha value is -3.24. The van der Waals surface area contributed by atoms with Gasteiger partial charge in [-0.1, -0.05) is 17.7 Å². The molecule has 0 aliphatic carbocycles. The van der Waals surface area contributed by atoms with Crippen molar-refractivity contribution < 1.29 is 33.0 Å². The molecule has 162 valence electrons. The maximum absolute atomic E-state index is 14.2. The van der Waals surface area contributed by atoms with Gasteiger partial charge in [-0.15, -0.1) is 11.3 Å². The molecule has 0 unspecified atom stereocenters. The second kappa shape index (κ2) is 9.27. The molecule has 2 aromatic rings. The van der Waals surface area contributed by atoms with Crippen LogP contribution in [-0.2, 0) is 23.9 Å². The van der Waals surface area contributed by atoms with Gasteiger partial charge in [-0.3, -0.25) is 14.4 Å². The number of anilines is 1. The molecule has 3 amide bonds. The van der Waals surface area contributed by atoms with Crippen molar-refractivity contribution in [3.63, 3.8) is 0 Å². The van der Waals surface area contributed by atoms with Gasteiger partial charge in [0.05, 0.1) is 40.6 Å². The lowest BCUT2D eigenvalue weighted by Crippen LogP contribution is -2.38. The first-order valence-corrected chi connectivity index (χ1v) is 10.3. The number of carbonyl (C=O) groups is 4. The van der Waals surface area contributed by atoms with Gasteiger partial charge in [-0.25, -0.2) is 14.1 Å². The number of imide groups is 1. The second-order valence-electron chi connectivity index (χ2n) is 6.22. The number of nitrogens with zero attached hydrogens (tertiary/aromatic N) is 1. The molecule has 2 heterocycles. The first-order valence-electron chi connectivity index (χ1n) is 9.02. The third kappa shape index (κ3) is 4.59. The predicted molar refractivity (Wildman–Crippen MR) is 112 cm³/mol. The molecular weight excluding hydrogens is 451 g/mol. The Balaban J connectivity index is 2.08. The molecule has 3 rings (SSSR count). The fourth-order valence-corrected chi connectivity index (χ4v) is 3.80. The summed E-state index contributed by atoms with van der Waals surface area (Å²) < 4.78 is 24.4. The van der Waals surface area contributed by atoms with E-state index >= 15 is 0 Å². The summed E-state index contributed by atoms with van der Waals surface area (Å²) in [4.78, 5) is 49.8. The number of thiophene rings is 1. The third-order valence-corrected chi connectivity index (χ3v) is 5.37. The zero-order valence-corrected chi connectivity index (χ0v) is 17.7. The number of nitrogens with two attached hydrogens (primary N) is 1. The van der Waals surface area contributed by atoms with Crippen molar-refractivity contribution in [1.82, 2.24) is 0 Å². The summed E-state index contributed by atoms with van der Waals surface area (Å²) in [6, 6.07) is 4.19. The minimum atomic E-state index is -1.11. The number of amides is 3. The average Bonchev–Trinajstić information content (AvgIpc) is 3.32. The number of ether oxygens (including phenoxy) is 2. The average molecular weight is 467 g/mol. The van der Waals surface area contributed by atoms with Crippen LogP contribution in [-0.4, -0.2) is 30.5 Å². The van der Waals surface area contributed by atoms with Crippen molar-refractivity contribution in [2.75, 3.05) is 11.5 Å². The van der Waals surface area contributed by atoms with Gasteiger partial charge in [0, 0.05) is 5.56 Å². The highest BCUT2D eigenvalue weighted by molar-refractivity contribution is 7.11. The fourth-order valence-electron chi connectivity index (χ4n) is 2.93. The molecule has 0 spiro atoms. The van der Waals surface area contributed by atoms with E-state index in [2.05, 4.69) is 0 Å². The molecule has 0 bridgehead atoms. The first kappa shape index (κ1) is 22.4. The van der Waals surface area contributed by atoms with Gasteiger partial charge in [-0.05, 0) is 30.5 Å². The monoisotopic (exact) mass is 466 g/mol. The van der Waals surface area contributed by atoms with Gasteiger partial charge in [0.15, 0.2) is 5.76 Å². The molecule has 0 atom stereocenters. The Kier molecular flexibility index (Phi) is 6.71. The van der Waals surface area contributed by atoms with E-state index in [0.717, 1.165) is 23.5 Å². The molecule has 2 N–H and O–H groups in total. The number of primary amides is 1. The van der Waals surface area contributed by atoms with E-state index < -0.39 is 29.7 Å². The number of hydrogen-bond donors (Lipinski definition) is 1. The molecule has 1 aromatic carbocycles. The molecule has 1 aliphatic rings. The van der Waals surface area contributed by atoms with E-state index in [0.29, 0.717) is 9.78 Å². The summed E-state index contributed by atoms with van der Waals surface area (Å²) in [5.74, 6) is -3.31. The fraction of sp³-hybridized carbons (Fsp3) is 0.200. The normalized spacial score (nSPS) is 14.3. The van der Waals surface area contributed by atoms with E-state index in [1.807, 2.05) is 0 Å². The highest BCUT2D eigenvalue weighted by atomic mass is 35.5. The van der Waals surface area contributed by atoms with Gasteiger partial charge < -0.3 is 15.2 Å². The number of halogens is 2. The molecule has 1 aromatic heterocycles. The smallest absolute Gasteiger partial charge is 0.326 e. The van der Waals surface area contributed by atoms with E-state index in [9.17, 15) is 23.6 Å². The topological polar surface area (TPSA) is 116 Å². The lowest BCUT2D eigenvalue weighted by Gasteiger charge is -2.12. The second-order valence-corrected chi connectivity index (χ2v) is 7.58. The Morgan fingerprint density at radius 3 is 2.55 bits per heavy atom. The number of carbonyl (C=O) groups excluding carboxylic acids is 4. The third-order valence-electron chi connectivity index (χ3n) is 4.21. The zero-order chi connectivity index (χ0) is 22.7. The minimum absolute atomic E-state index is 0.00714. The van der Waals surface area contributed by atoms with Gasteiger partial charge in [0.2, 0.25) is 0 Å². The molecule has 8 nitrogen and oxygen atoms in total. The molecule has 0 fully saturated rings. The summed E-state index contributed by atoms with van der Waals surface area (Å²) in [5, 5.41) is 1.36. The van der Waals surface area contributed by atoms with Crippen LogP contribution < -0.4 is 10.6 Å². The molecular formula is C20H16ClFN2O6S. The Morgan fingerprint density at radius 2 is 1.94 bits per heavy atom. The predicted octanol–water partition coefficient (Wildman–Crippen LogP) is 3.72. The van der Waals surface area contributed by atoms with Crippen molar-refractivity contribution in [2.45, 2.75) is 19.8 Å². The quantitative estimate of drug-likeness (QED) is 0.394. The van der Waals surface area contributed by atoms with Crippen LogP contribution in [0.2, 0.25) is 5.02 Å². The molecule has 11 heteroatoms. The Bertz CT molecular complexity index is 1100. The van der Waals surface area contributed by atoms with E-state index in [-0.39, 0.29) is 47.1 Å². The van der Waals surface area contributed by atoms with Crippen molar-refractivity contribution >= 4 is 63.8 Å². The maximum Gasteiger partial charge on any atom is 0.326 e. The Morgan fingerprint density at radius 1 is 1.23 bits per heavy atom. The largest absolute Gasteiger partial charge is 0.466 e. The summed E-state index contributed by atoms with van der Waals surface area (Å²) in [5.41, 5.74) is 5.07. The van der Waals surface area contributed by atoms with E-state index in [1.54, 1.807) is 24.4 Å². The van der Waals surface area contributed by atoms with Gasteiger partial charge in [0.25, 0.3) is 5.91 Å². The van der Waals surface area contributed by atoms with Gasteiger partial charge in [0.1, 0.15) is 5.82 Å². The Labute approximate surface area is 185 Å². The summed E-state index contributed by atoms with van der Waals surface area (Å²) in [6.45, 7) is 1.80. The lowest BCUT2D eigenvalue weighted by molar-refractivity contribution is -0.147. The summed E-state index contributed by atoms with van der Waals surface area (Å²) >= 11 is 6.96. The van der Waals surface area contributed by atoms with E-state index in [4.69, 9.17) is 26.8 Å². The van der Waals surface area contributed by atoms with Gasteiger partial charge >= 0.3 is 18.0 Å². The molecule has 0 saturated carbocycles. The van der Waals surface area contributed by atoms with Crippen molar-refractivity contribution in [3.8, 4) is 0 Å². The van der Waals surface area contributed by atoms with Crippen molar-refractivity contribution in [2.24, 2.45) is 5.73 Å². The van der Waals surface area contributed by atoms with Crippen molar-refractivity contribution in [3.05, 3.63) is 50.9 Å². The molecule has 0 radical (unpaired) electrons. The lowest BCUT2D eigenvalue weighted by atomic mass is 10.0. The van der Waals surface area contributed by atoms with Gasteiger partial charge in [-0.2, -0.15) is 0 Å².